The summed E-state index contributed by atoms with van der Waals surface area (Å²) in [7, 11) is 1.35. The summed E-state index contributed by atoms with van der Waals surface area (Å²) < 4.78 is 4.84. The van der Waals surface area contributed by atoms with Gasteiger partial charge in [-0.3, -0.25) is 4.79 Å². The first kappa shape index (κ1) is 13.8. The second kappa shape index (κ2) is 5.90. The van der Waals surface area contributed by atoms with E-state index in [9.17, 15) is 20.1 Å². The summed E-state index contributed by atoms with van der Waals surface area (Å²) in [5.41, 5.74) is 0.285. The molecule has 0 aromatic heterocycles. The number of hydrogen-bond donors (Lipinski definition) is 4. The van der Waals surface area contributed by atoms with Crippen molar-refractivity contribution in [2.75, 3.05) is 12.9 Å². The molecule has 0 saturated carbocycles. The van der Waals surface area contributed by atoms with E-state index in [2.05, 4.69) is 12.6 Å². The third kappa shape index (κ3) is 2.91. The molecule has 0 aliphatic heterocycles. The zero-order chi connectivity index (χ0) is 13.0. The van der Waals surface area contributed by atoms with E-state index in [-0.39, 0.29) is 28.4 Å². The number of methoxy groups -OCH3 is 1. The maximum atomic E-state index is 10.9. The molecule has 2 atom stereocenters. The second-order valence-electron chi connectivity index (χ2n) is 3.47. The van der Waals surface area contributed by atoms with Crippen LogP contribution in [0.3, 0.4) is 0 Å². The second-order valence-corrected chi connectivity index (χ2v) is 3.83. The van der Waals surface area contributed by atoms with E-state index in [4.69, 9.17) is 4.74 Å². The van der Waals surface area contributed by atoms with Crippen LogP contribution < -0.4 is 4.74 Å². The fourth-order valence-electron chi connectivity index (χ4n) is 1.43. The lowest BCUT2D eigenvalue weighted by atomic mass is 9.99. The zero-order valence-electron chi connectivity index (χ0n) is 9.20. The number of thiol groups is 1. The van der Waals surface area contributed by atoms with Gasteiger partial charge in [-0.05, 0) is 17.7 Å². The number of ether oxygens (including phenoxy) is 1. The van der Waals surface area contributed by atoms with Gasteiger partial charge in [-0.2, -0.15) is 12.6 Å². The highest BCUT2D eigenvalue weighted by Crippen LogP contribution is 2.32. The molecule has 0 radical (unpaired) electrons. The molecular weight excluding hydrogens is 244 g/mol. The molecule has 0 bridgehead atoms. The van der Waals surface area contributed by atoms with Gasteiger partial charge in [0.25, 0.3) is 0 Å². The van der Waals surface area contributed by atoms with E-state index in [1.165, 1.54) is 19.2 Å². The van der Waals surface area contributed by atoms with Gasteiger partial charge < -0.3 is 20.1 Å². The highest BCUT2D eigenvalue weighted by molar-refractivity contribution is 7.80. The Hall–Kier alpha value is -1.24. The van der Waals surface area contributed by atoms with E-state index in [1.807, 2.05) is 0 Å². The smallest absolute Gasteiger partial charge is 0.161 e. The number of phenolic OH excluding ortho intramolecular Hbond substituents is 1. The molecule has 0 aliphatic carbocycles. The predicted octanol–water partition coefficient (Wildman–Crippen LogP) is 0.537. The third-order valence-electron chi connectivity index (χ3n) is 2.38. The Labute approximate surface area is 104 Å². The molecule has 0 fully saturated rings. The summed E-state index contributed by atoms with van der Waals surface area (Å²) in [6.07, 6.45) is -1.89. The highest BCUT2D eigenvalue weighted by atomic mass is 32.1. The van der Waals surface area contributed by atoms with Crippen LogP contribution in [-0.4, -0.2) is 40.6 Å². The van der Waals surface area contributed by atoms with Crippen molar-refractivity contribution in [3.05, 3.63) is 23.3 Å². The Balaban J connectivity index is 3.23. The van der Waals surface area contributed by atoms with Gasteiger partial charge in [0, 0.05) is 11.3 Å². The largest absolute Gasteiger partial charge is 0.504 e. The fourth-order valence-corrected chi connectivity index (χ4v) is 1.63. The Kier molecular flexibility index (Phi) is 4.80. The van der Waals surface area contributed by atoms with Gasteiger partial charge in [0.15, 0.2) is 17.8 Å². The average Bonchev–Trinajstić information content (AvgIpc) is 2.36. The maximum absolute atomic E-state index is 10.9. The summed E-state index contributed by atoms with van der Waals surface area (Å²) in [6.45, 7) is 0. The van der Waals surface area contributed by atoms with Crippen LogP contribution >= 0.6 is 12.6 Å². The molecule has 6 heteroatoms. The zero-order valence-corrected chi connectivity index (χ0v) is 10.1. The number of carbonyl (C=O) groups excluding carboxylic acids is 1. The third-order valence-corrected chi connectivity index (χ3v) is 2.76. The molecule has 1 aromatic rings. The van der Waals surface area contributed by atoms with Gasteiger partial charge in [0.05, 0.1) is 13.2 Å². The molecule has 1 aromatic carbocycles. The normalized spacial score (nSPS) is 14.1. The Bertz CT molecular complexity index is 407. The first-order valence-electron chi connectivity index (χ1n) is 4.88. The van der Waals surface area contributed by atoms with Gasteiger partial charge in [-0.1, -0.05) is 0 Å². The molecule has 0 spiro atoms. The molecule has 94 valence electrons. The standard InChI is InChI=1S/C11H14O5S/c1-16-10-2-6(4-12)7(3-8(10)13)11(15)9(14)5-17/h2-4,9,11,13-15,17H,5H2,1H3. The van der Waals surface area contributed by atoms with E-state index in [0.717, 1.165) is 0 Å². The minimum Gasteiger partial charge on any atom is -0.504 e. The number of aliphatic hydroxyl groups is 2. The number of benzene rings is 1. The number of aldehydes is 1. The summed E-state index contributed by atoms with van der Waals surface area (Å²) in [5, 5.41) is 28.8. The topological polar surface area (TPSA) is 87.0 Å². The Morgan fingerprint density at radius 1 is 1.47 bits per heavy atom. The molecule has 0 aliphatic rings. The van der Waals surface area contributed by atoms with E-state index >= 15 is 0 Å². The van der Waals surface area contributed by atoms with Crippen LogP contribution in [0.1, 0.15) is 22.0 Å². The van der Waals surface area contributed by atoms with Gasteiger partial charge in [0.1, 0.15) is 6.10 Å². The molecular formula is C11H14O5S. The lowest BCUT2D eigenvalue weighted by molar-refractivity contribution is 0.0332. The number of carbonyl (C=O) groups is 1. The molecule has 3 N–H and O–H groups in total. The summed E-state index contributed by atoms with van der Waals surface area (Å²) in [6, 6.07) is 2.49. The number of aliphatic hydroxyl groups excluding tert-OH is 2. The number of rotatable bonds is 5. The van der Waals surface area contributed by atoms with Crippen LogP contribution in [-0.2, 0) is 0 Å². The quantitative estimate of drug-likeness (QED) is 0.457. The number of aromatic hydroxyl groups is 1. The summed E-state index contributed by atoms with van der Waals surface area (Å²) in [5.74, 6) is -0.0476. The lowest BCUT2D eigenvalue weighted by Crippen LogP contribution is -2.21. The molecule has 0 heterocycles. The number of phenols is 1. The van der Waals surface area contributed by atoms with E-state index < -0.39 is 12.2 Å². The Morgan fingerprint density at radius 2 is 2.12 bits per heavy atom. The molecule has 0 saturated heterocycles. The molecule has 17 heavy (non-hydrogen) atoms. The maximum Gasteiger partial charge on any atom is 0.161 e. The van der Waals surface area contributed by atoms with Gasteiger partial charge in [-0.15, -0.1) is 0 Å². The van der Waals surface area contributed by atoms with Gasteiger partial charge in [0.2, 0.25) is 0 Å². The lowest BCUT2D eigenvalue weighted by Gasteiger charge is -2.18. The van der Waals surface area contributed by atoms with Crippen molar-refractivity contribution in [1.29, 1.82) is 0 Å². The SMILES string of the molecule is COc1cc(C=O)c(C(O)C(O)CS)cc1O. The van der Waals surface area contributed by atoms with Crippen LogP contribution in [0.2, 0.25) is 0 Å². The van der Waals surface area contributed by atoms with Gasteiger partial charge >= 0.3 is 0 Å². The van der Waals surface area contributed by atoms with Crippen molar-refractivity contribution < 1.29 is 24.9 Å². The van der Waals surface area contributed by atoms with Crippen molar-refractivity contribution in [3.63, 3.8) is 0 Å². The predicted molar refractivity (Wildman–Crippen MR) is 64.9 cm³/mol. The van der Waals surface area contributed by atoms with Gasteiger partial charge in [-0.25, -0.2) is 0 Å². The van der Waals surface area contributed by atoms with E-state index in [1.54, 1.807) is 0 Å². The number of hydrogen-bond acceptors (Lipinski definition) is 6. The van der Waals surface area contributed by atoms with Crippen molar-refractivity contribution in [2.45, 2.75) is 12.2 Å². The van der Waals surface area contributed by atoms with Crippen LogP contribution in [0.15, 0.2) is 12.1 Å². The highest BCUT2D eigenvalue weighted by Gasteiger charge is 2.22. The molecule has 5 nitrogen and oxygen atoms in total. The van der Waals surface area contributed by atoms with E-state index in [0.29, 0.717) is 6.29 Å². The molecule has 2 unspecified atom stereocenters. The Morgan fingerprint density at radius 3 is 2.59 bits per heavy atom. The summed E-state index contributed by atoms with van der Waals surface area (Å²) >= 11 is 3.85. The molecule has 0 amide bonds. The first-order chi connectivity index (χ1) is 8.04. The van der Waals surface area contributed by atoms with Crippen molar-refractivity contribution in [1.82, 2.24) is 0 Å². The first-order valence-corrected chi connectivity index (χ1v) is 5.51. The van der Waals surface area contributed by atoms with Crippen LogP contribution in [0.4, 0.5) is 0 Å². The summed E-state index contributed by atoms with van der Waals surface area (Å²) in [4.78, 5) is 10.9. The monoisotopic (exact) mass is 258 g/mol. The van der Waals surface area contributed by atoms with Crippen LogP contribution in [0.5, 0.6) is 11.5 Å². The fraction of sp³-hybridized carbons (Fsp3) is 0.364. The van der Waals surface area contributed by atoms with Crippen molar-refractivity contribution >= 4 is 18.9 Å². The van der Waals surface area contributed by atoms with Crippen LogP contribution in [0.25, 0.3) is 0 Å². The van der Waals surface area contributed by atoms with Crippen molar-refractivity contribution in [2.24, 2.45) is 0 Å². The van der Waals surface area contributed by atoms with Crippen molar-refractivity contribution in [3.8, 4) is 11.5 Å². The minimum atomic E-state index is -1.29. The average molecular weight is 258 g/mol. The van der Waals surface area contributed by atoms with Crippen LogP contribution in [0, 0.1) is 0 Å². The molecule has 1 rings (SSSR count). The minimum absolute atomic E-state index is 0.0340.